The zero-order valence-electron chi connectivity index (χ0n) is 13.2. The number of benzene rings is 1. The van der Waals surface area contributed by atoms with E-state index in [0.717, 1.165) is 29.1 Å². The molecule has 1 aliphatic heterocycles. The Bertz CT molecular complexity index is 917. The first-order valence-corrected chi connectivity index (χ1v) is 9.44. The molecule has 3 aromatic rings. The summed E-state index contributed by atoms with van der Waals surface area (Å²) in [6.07, 6.45) is 1.60. The summed E-state index contributed by atoms with van der Waals surface area (Å²) in [5, 5.41) is 4.02. The smallest absolute Gasteiger partial charge is 0.254 e. The van der Waals surface area contributed by atoms with E-state index in [-0.39, 0.29) is 5.91 Å². The van der Waals surface area contributed by atoms with Gasteiger partial charge in [-0.1, -0.05) is 23.2 Å². The van der Waals surface area contributed by atoms with Crippen LogP contribution >= 0.6 is 34.5 Å². The van der Waals surface area contributed by atoms with Crippen LogP contribution in [0.2, 0.25) is 10.0 Å². The van der Waals surface area contributed by atoms with Gasteiger partial charge in [0.25, 0.3) is 5.91 Å². The Labute approximate surface area is 158 Å². The number of amides is 1. The van der Waals surface area contributed by atoms with Gasteiger partial charge in [-0.05, 0) is 29.6 Å². The van der Waals surface area contributed by atoms with Crippen LogP contribution in [-0.2, 0) is 0 Å². The van der Waals surface area contributed by atoms with Crippen molar-refractivity contribution in [3.63, 3.8) is 0 Å². The van der Waals surface area contributed by atoms with E-state index in [4.69, 9.17) is 23.2 Å². The second-order valence-electron chi connectivity index (χ2n) is 5.77. The number of thiophene rings is 1. The van der Waals surface area contributed by atoms with Crippen molar-refractivity contribution in [2.75, 3.05) is 31.1 Å². The van der Waals surface area contributed by atoms with Crippen molar-refractivity contribution in [1.29, 1.82) is 0 Å². The van der Waals surface area contributed by atoms with Crippen LogP contribution in [0.1, 0.15) is 10.4 Å². The lowest BCUT2D eigenvalue weighted by Gasteiger charge is -2.35. The number of fused-ring (bicyclic) bond motifs is 1. The minimum Gasteiger partial charge on any atom is -0.352 e. The quantitative estimate of drug-likeness (QED) is 0.661. The summed E-state index contributed by atoms with van der Waals surface area (Å²) in [5.41, 5.74) is 0.521. The van der Waals surface area contributed by atoms with E-state index in [0.29, 0.717) is 28.7 Å². The number of piperazine rings is 1. The average molecular weight is 393 g/mol. The molecule has 128 valence electrons. The summed E-state index contributed by atoms with van der Waals surface area (Å²) in [6.45, 7) is 2.70. The highest BCUT2D eigenvalue weighted by Crippen LogP contribution is 2.27. The predicted octanol–water partition coefficient (Wildman–Crippen LogP) is 3.96. The van der Waals surface area contributed by atoms with Crippen LogP contribution in [0.5, 0.6) is 0 Å². The van der Waals surface area contributed by atoms with Gasteiger partial charge in [0, 0.05) is 41.8 Å². The molecule has 8 heteroatoms. The van der Waals surface area contributed by atoms with Crippen LogP contribution in [0.3, 0.4) is 0 Å². The lowest BCUT2D eigenvalue weighted by molar-refractivity contribution is 0.0746. The minimum atomic E-state index is -0.0487. The molecule has 0 saturated carbocycles. The van der Waals surface area contributed by atoms with Crippen LogP contribution in [0.15, 0.2) is 36.0 Å². The van der Waals surface area contributed by atoms with Gasteiger partial charge in [-0.3, -0.25) is 4.79 Å². The van der Waals surface area contributed by atoms with Crippen molar-refractivity contribution >= 4 is 56.5 Å². The maximum atomic E-state index is 12.7. The van der Waals surface area contributed by atoms with Crippen molar-refractivity contribution < 1.29 is 4.79 Å². The summed E-state index contributed by atoms with van der Waals surface area (Å²) in [6, 6.07) is 6.97. The van der Waals surface area contributed by atoms with Gasteiger partial charge in [-0.15, -0.1) is 11.3 Å². The van der Waals surface area contributed by atoms with Crippen molar-refractivity contribution in [3.05, 3.63) is 51.6 Å². The highest BCUT2D eigenvalue weighted by Gasteiger charge is 2.24. The van der Waals surface area contributed by atoms with Crippen molar-refractivity contribution in [1.82, 2.24) is 14.9 Å². The first kappa shape index (κ1) is 16.6. The maximum absolute atomic E-state index is 12.7. The third-order valence-corrected chi connectivity index (χ3v) is 5.47. The van der Waals surface area contributed by atoms with Gasteiger partial charge < -0.3 is 9.80 Å². The zero-order valence-corrected chi connectivity index (χ0v) is 15.5. The van der Waals surface area contributed by atoms with Crippen LogP contribution in [0, 0.1) is 0 Å². The molecular formula is C17H14Cl2N4OS. The van der Waals surface area contributed by atoms with E-state index in [1.807, 2.05) is 16.3 Å². The molecule has 0 radical (unpaired) electrons. The SMILES string of the molecule is O=C(c1cc(Cl)cc(Cl)c1)N1CCN(c2ncnc3sccc23)CC1. The Kier molecular flexibility index (Phi) is 4.50. The summed E-state index contributed by atoms with van der Waals surface area (Å²) >= 11 is 13.6. The van der Waals surface area contributed by atoms with E-state index >= 15 is 0 Å². The van der Waals surface area contributed by atoms with Crippen molar-refractivity contribution in [2.45, 2.75) is 0 Å². The van der Waals surface area contributed by atoms with Gasteiger partial charge in [-0.2, -0.15) is 0 Å². The van der Waals surface area contributed by atoms with Gasteiger partial charge in [0.2, 0.25) is 0 Å². The average Bonchev–Trinajstić information content (AvgIpc) is 3.09. The monoisotopic (exact) mass is 392 g/mol. The third kappa shape index (κ3) is 3.29. The number of aromatic nitrogens is 2. The van der Waals surface area contributed by atoms with Gasteiger partial charge in [0.15, 0.2) is 0 Å². The van der Waals surface area contributed by atoms with E-state index in [1.165, 1.54) is 0 Å². The van der Waals surface area contributed by atoms with Crippen molar-refractivity contribution in [2.24, 2.45) is 0 Å². The molecule has 4 rings (SSSR count). The maximum Gasteiger partial charge on any atom is 0.254 e. The lowest BCUT2D eigenvalue weighted by atomic mass is 10.1. The molecule has 1 amide bonds. The lowest BCUT2D eigenvalue weighted by Crippen LogP contribution is -2.49. The Morgan fingerprint density at radius 1 is 1.04 bits per heavy atom. The number of halogens is 2. The zero-order chi connectivity index (χ0) is 17.4. The molecule has 0 bridgehead atoms. The van der Waals surface area contributed by atoms with Gasteiger partial charge >= 0.3 is 0 Å². The largest absolute Gasteiger partial charge is 0.352 e. The molecule has 0 spiro atoms. The molecule has 0 unspecified atom stereocenters. The Balaban J connectivity index is 1.49. The van der Waals surface area contributed by atoms with E-state index in [2.05, 4.69) is 14.9 Å². The second kappa shape index (κ2) is 6.78. The van der Waals surface area contributed by atoms with Crippen LogP contribution in [0.4, 0.5) is 5.82 Å². The number of carbonyl (C=O) groups excluding carboxylic acids is 1. The molecule has 1 aromatic carbocycles. The summed E-state index contributed by atoms with van der Waals surface area (Å²) in [5.74, 6) is 0.886. The Morgan fingerprint density at radius 2 is 1.76 bits per heavy atom. The number of anilines is 1. The van der Waals surface area contributed by atoms with Crippen LogP contribution in [-0.4, -0.2) is 47.0 Å². The molecule has 3 heterocycles. The molecule has 25 heavy (non-hydrogen) atoms. The third-order valence-electron chi connectivity index (χ3n) is 4.22. The van der Waals surface area contributed by atoms with E-state index in [9.17, 15) is 4.79 Å². The Hall–Kier alpha value is -1.89. The molecule has 1 saturated heterocycles. The van der Waals surface area contributed by atoms with Gasteiger partial charge in [-0.25, -0.2) is 9.97 Å². The molecular weight excluding hydrogens is 379 g/mol. The fourth-order valence-corrected chi connectivity index (χ4v) is 4.26. The normalized spacial score (nSPS) is 15.0. The Morgan fingerprint density at radius 3 is 2.48 bits per heavy atom. The number of carbonyl (C=O) groups is 1. The molecule has 5 nitrogen and oxygen atoms in total. The molecule has 0 aliphatic carbocycles. The minimum absolute atomic E-state index is 0.0487. The second-order valence-corrected chi connectivity index (χ2v) is 7.54. The fraction of sp³-hybridized carbons (Fsp3) is 0.235. The van der Waals surface area contributed by atoms with Crippen LogP contribution < -0.4 is 4.90 Å². The first-order valence-electron chi connectivity index (χ1n) is 7.80. The molecule has 2 aromatic heterocycles. The number of rotatable bonds is 2. The van der Waals surface area contributed by atoms with E-state index in [1.54, 1.807) is 35.9 Å². The van der Waals surface area contributed by atoms with Gasteiger partial charge in [0.1, 0.15) is 17.0 Å². The molecule has 0 atom stereocenters. The topological polar surface area (TPSA) is 49.3 Å². The van der Waals surface area contributed by atoms with Crippen molar-refractivity contribution in [3.8, 4) is 0 Å². The summed E-state index contributed by atoms with van der Waals surface area (Å²) in [7, 11) is 0. The van der Waals surface area contributed by atoms with Gasteiger partial charge in [0.05, 0.1) is 5.39 Å². The number of nitrogens with zero attached hydrogens (tertiary/aromatic N) is 4. The summed E-state index contributed by atoms with van der Waals surface area (Å²) < 4.78 is 0. The highest BCUT2D eigenvalue weighted by molar-refractivity contribution is 7.16. The predicted molar refractivity (Wildman–Crippen MR) is 102 cm³/mol. The molecule has 0 N–H and O–H groups in total. The fourth-order valence-electron chi connectivity index (χ4n) is 3.01. The number of hydrogen-bond donors (Lipinski definition) is 0. The van der Waals surface area contributed by atoms with E-state index < -0.39 is 0 Å². The highest BCUT2D eigenvalue weighted by atomic mass is 35.5. The standard InChI is InChI=1S/C17H14Cl2N4OS/c18-12-7-11(8-13(19)9-12)17(24)23-4-2-22(3-5-23)15-14-1-6-25-16(14)21-10-20-15/h1,6-10H,2-5H2. The first-order chi connectivity index (χ1) is 12.1. The number of hydrogen-bond acceptors (Lipinski definition) is 5. The molecule has 1 fully saturated rings. The molecule has 1 aliphatic rings. The summed E-state index contributed by atoms with van der Waals surface area (Å²) in [4.78, 5) is 26.4. The van der Waals surface area contributed by atoms with Crippen LogP contribution in [0.25, 0.3) is 10.2 Å².